The fourth-order valence-electron chi connectivity index (χ4n) is 4.60. The van der Waals surface area contributed by atoms with Gasteiger partial charge in [-0.25, -0.2) is 8.42 Å². The van der Waals surface area contributed by atoms with Crippen molar-refractivity contribution in [2.45, 2.75) is 51.5 Å². The lowest BCUT2D eigenvalue weighted by atomic mass is 9.93. The third-order valence-electron chi connectivity index (χ3n) is 6.75. The molecule has 222 valence electrons. The lowest BCUT2D eigenvalue weighted by Gasteiger charge is -2.26. The molecule has 0 fully saturated rings. The van der Waals surface area contributed by atoms with Gasteiger partial charge in [-0.1, -0.05) is 13.8 Å². The smallest absolute Gasteiger partial charge is 0.264 e. The van der Waals surface area contributed by atoms with Gasteiger partial charge in [0.15, 0.2) is 11.5 Å². The summed E-state index contributed by atoms with van der Waals surface area (Å²) < 4.78 is 50.6. The minimum absolute atomic E-state index is 0.0440. The summed E-state index contributed by atoms with van der Waals surface area (Å²) in [6, 6.07) is 14.5. The molecule has 0 saturated carbocycles. The Hall–Kier alpha value is -3.92. The zero-order chi connectivity index (χ0) is 30.3. The Morgan fingerprint density at radius 2 is 1.49 bits per heavy atom. The molecule has 0 spiro atoms. The molecular weight excluding hydrogens is 544 g/mol. The molecule has 3 rings (SSSR count). The van der Waals surface area contributed by atoms with Crippen LogP contribution in [0.15, 0.2) is 59.5 Å². The van der Waals surface area contributed by atoms with Crippen LogP contribution < -0.4 is 28.6 Å². The van der Waals surface area contributed by atoms with E-state index in [1.54, 1.807) is 31.4 Å². The maximum Gasteiger partial charge on any atom is 0.264 e. The lowest BCUT2D eigenvalue weighted by Crippen LogP contribution is -2.41. The number of benzene rings is 3. The van der Waals surface area contributed by atoms with Gasteiger partial charge in [0.1, 0.15) is 18.0 Å². The number of aryl methyl sites for hydroxylation is 1. The Morgan fingerprint density at radius 3 is 2.05 bits per heavy atom. The van der Waals surface area contributed by atoms with Crippen LogP contribution in [0.5, 0.6) is 23.0 Å². The van der Waals surface area contributed by atoms with Crippen molar-refractivity contribution in [3.8, 4) is 23.0 Å². The molecular formula is C31H40N2O7S. The molecule has 0 saturated heterocycles. The van der Waals surface area contributed by atoms with Gasteiger partial charge < -0.3 is 24.3 Å². The summed E-state index contributed by atoms with van der Waals surface area (Å²) in [6.45, 7) is 9.88. The molecule has 10 heteroatoms. The van der Waals surface area contributed by atoms with Crippen LogP contribution in [0.4, 0.5) is 5.69 Å². The topological polar surface area (TPSA) is 103 Å². The van der Waals surface area contributed by atoms with Crippen LogP contribution in [0.3, 0.4) is 0 Å². The minimum Gasteiger partial charge on any atom is -0.496 e. The molecule has 1 unspecified atom stereocenters. The zero-order valence-corrected chi connectivity index (χ0v) is 25.8. The van der Waals surface area contributed by atoms with Crippen LogP contribution in [0.1, 0.15) is 56.3 Å². The van der Waals surface area contributed by atoms with E-state index in [4.69, 9.17) is 18.9 Å². The third-order valence-corrected chi connectivity index (χ3v) is 8.52. The molecule has 1 amide bonds. The first-order valence-electron chi connectivity index (χ1n) is 13.4. The number of anilines is 1. The van der Waals surface area contributed by atoms with Crippen LogP contribution in [0.2, 0.25) is 0 Å². The summed E-state index contributed by atoms with van der Waals surface area (Å²) in [5.41, 5.74) is 3.23. The Balaban J connectivity index is 1.97. The highest BCUT2D eigenvalue weighted by molar-refractivity contribution is 7.92. The molecule has 1 N–H and O–H groups in total. The van der Waals surface area contributed by atoms with Crippen LogP contribution in [-0.4, -0.2) is 48.8 Å². The zero-order valence-electron chi connectivity index (χ0n) is 25.0. The first kappa shape index (κ1) is 31.6. The predicted octanol–water partition coefficient (Wildman–Crippen LogP) is 5.62. The predicted molar refractivity (Wildman–Crippen MR) is 160 cm³/mol. The average molecular weight is 585 g/mol. The van der Waals surface area contributed by atoms with Crippen LogP contribution >= 0.6 is 0 Å². The SMILES string of the molecule is CCOc1ccc(N(CC(=O)NC(C)c2cc(C(C)C)c(OC)cc2C)S(=O)(=O)c2ccc(OC)c(OC)c2)cc1. The van der Waals surface area contributed by atoms with Gasteiger partial charge in [0.25, 0.3) is 10.0 Å². The molecule has 1 atom stereocenters. The van der Waals surface area contributed by atoms with Gasteiger partial charge in [-0.2, -0.15) is 0 Å². The number of amides is 1. The van der Waals surface area contributed by atoms with Crippen molar-refractivity contribution in [2.75, 3.05) is 38.8 Å². The summed E-state index contributed by atoms with van der Waals surface area (Å²) in [5.74, 6) is 1.79. The van der Waals surface area contributed by atoms with Crippen molar-refractivity contribution in [2.24, 2.45) is 0 Å². The van der Waals surface area contributed by atoms with Crippen molar-refractivity contribution >= 4 is 21.6 Å². The third kappa shape index (κ3) is 7.24. The molecule has 3 aromatic carbocycles. The molecule has 0 aliphatic rings. The Morgan fingerprint density at radius 1 is 0.854 bits per heavy atom. The Labute approximate surface area is 243 Å². The summed E-state index contributed by atoms with van der Waals surface area (Å²) in [6.07, 6.45) is 0. The molecule has 41 heavy (non-hydrogen) atoms. The van der Waals surface area contributed by atoms with Crippen molar-refractivity contribution in [3.05, 3.63) is 71.3 Å². The van der Waals surface area contributed by atoms with Gasteiger partial charge >= 0.3 is 0 Å². The maximum absolute atomic E-state index is 14.0. The number of hydrogen-bond donors (Lipinski definition) is 1. The van der Waals surface area contributed by atoms with E-state index in [2.05, 4.69) is 19.2 Å². The molecule has 0 heterocycles. The molecule has 0 aliphatic heterocycles. The summed E-state index contributed by atoms with van der Waals surface area (Å²) >= 11 is 0. The largest absolute Gasteiger partial charge is 0.496 e. The van der Waals surface area contributed by atoms with E-state index in [-0.39, 0.29) is 22.6 Å². The highest BCUT2D eigenvalue weighted by atomic mass is 32.2. The van der Waals surface area contributed by atoms with Crippen molar-refractivity contribution < 1.29 is 32.2 Å². The summed E-state index contributed by atoms with van der Waals surface area (Å²) in [7, 11) is 0.351. The number of nitrogens with zero attached hydrogens (tertiary/aromatic N) is 1. The van der Waals surface area contributed by atoms with Crippen LogP contribution in [-0.2, 0) is 14.8 Å². The van der Waals surface area contributed by atoms with E-state index in [1.165, 1.54) is 32.4 Å². The number of carbonyl (C=O) groups excluding carboxylic acids is 1. The van der Waals surface area contributed by atoms with E-state index >= 15 is 0 Å². The monoisotopic (exact) mass is 584 g/mol. The second-order valence-electron chi connectivity index (χ2n) is 9.85. The normalized spacial score (nSPS) is 12.0. The van der Waals surface area contributed by atoms with Gasteiger partial charge in [-0.05, 0) is 91.9 Å². The van der Waals surface area contributed by atoms with Gasteiger partial charge in [0.05, 0.1) is 44.6 Å². The van der Waals surface area contributed by atoms with Gasteiger partial charge in [0.2, 0.25) is 5.91 Å². The number of sulfonamides is 1. The number of methoxy groups -OCH3 is 3. The minimum atomic E-state index is -4.19. The standard InChI is InChI=1S/C31H40N2O7S/c1-9-40-24-12-10-23(11-13-24)33(41(35,36)25-14-15-28(37-6)30(17-25)39-8)19-31(34)32-22(5)27-18-26(20(2)3)29(38-7)16-21(27)4/h10-18,20,22H,9,19H2,1-8H3,(H,32,34). The fraction of sp³-hybridized carbons (Fsp3) is 0.387. The van der Waals surface area contributed by atoms with Crippen molar-refractivity contribution in [3.63, 3.8) is 0 Å². The lowest BCUT2D eigenvalue weighted by molar-refractivity contribution is -0.120. The second kappa shape index (κ2) is 13.6. The molecule has 3 aromatic rings. The van der Waals surface area contributed by atoms with Crippen LogP contribution in [0, 0.1) is 6.92 Å². The average Bonchev–Trinajstić information content (AvgIpc) is 2.95. The molecule has 0 radical (unpaired) electrons. The Kier molecular flexibility index (Phi) is 10.5. The van der Waals surface area contributed by atoms with E-state index in [0.29, 0.717) is 23.8 Å². The van der Waals surface area contributed by atoms with Gasteiger partial charge in [-0.3, -0.25) is 9.10 Å². The molecule has 0 aromatic heterocycles. The molecule has 9 nitrogen and oxygen atoms in total. The highest BCUT2D eigenvalue weighted by Gasteiger charge is 2.29. The first-order valence-corrected chi connectivity index (χ1v) is 14.9. The number of rotatable bonds is 13. The van der Waals surface area contributed by atoms with E-state index in [9.17, 15) is 13.2 Å². The quantitative estimate of drug-likeness (QED) is 0.278. The molecule has 0 bridgehead atoms. The molecule has 0 aliphatic carbocycles. The van der Waals surface area contributed by atoms with E-state index in [0.717, 1.165) is 26.7 Å². The number of nitrogens with one attached hydrogen (secondary N) is 1. The first-order chi connectivity index (χ1) is 19.5. The number of hydrogen-bond acceptors (Lipinski definition) is 7. The number of carbonyl (C=O) groups is 1. The summed E-state index contributed by atoms with van der Waals surface area (Å²) in [5, 5.41) is 2.98. The summed E-state index contributed by atoms with van der Waals surface area (Å²) in [4.78, 5) is 13.4. The maximum atomic E-state index is 14.0. The van der Waals surface area contributed by atoms with E-state index < -0.39 is 22.5 Å². The fourth-order valence-corrected chi connectivity index (χ4v) is 6.04. The van der Waals surface area contributed by atoms with E-state index in [1.807, 2.05) is 32.9 Å². The number of ether oxygens (including phenoxy) is 4. The highest BCUT2D eigenvalue weighted by Crippen LogP contribution is 2.34. The second-order valence-corrected chi connectivity index (χ2v) is 11.7. The Bertz CT molecular complexity index is 1450. The van der Waals surface area contributed by atoms with Crippen molar-refractivity contribution in [1.82, 2.24) is 5.32 Å². The van der Waals surface area contributed by atoms with Crippen molar-refractivity contribution in [1.29, 1.82) is 0 Å². The van der Waals surface area contributed by atoms with Gasteiger partial charge in [-0.15, -0.1) is 0 Å². The van der Waals surface area contributed by atoms with Crippen LogP contribution in [0.25, 0.3) is 0 Å². The van der Waals surface area contributed by atoms with Gasteiger partial charge in [0, 0.05) is 6.07 Å².